The molecule has 3 rings (SSSR count). The Hall–Kier alpha value is -3.03. The molecule has 3 N–H and O–H groups in total. The third kappa shape index (κ3) is 8.50. The molecule has 0 aromatic carbocycles. The number of alkyl halides is 2. The monoisotopic (exact) mass is 545 g/mol. The Morgan fingerprint density at radius 2 is 1.32 bits per heavy atom. The van der Waals surface area contributed by atoms with E-state index < -0.39 is 40.6 Å². The highest BCUT2D eigenvalue weighted by atomic mass is 19.1. The molecule has 0 unspecified atom stereocenters. The molecule has 14 heteroatoms. The average Bonchev–Trinajstić information content (AvgIpc) is 3.24. The van der Waals surface area contributed by atoms with Gasteiger partial charge in [-0.3, -0.25) is 10.2 Å². The summed E-state index contributed by atoms with van der Waals surface area (Å²) in [5.74, 6) is 4.40. The van der Waals surface area contributed by atoms with Crippen LogP contribution < -0.4 is 11.3 Å². The summed E-state index contributed by atoms with van der Waals surface area (Å²) in [7, 11) is 1.72. The second-order valence-corrected chi connectivity index (χ2v) is 11.6. The van der Waals surface area contributed by atoms with Gasteiger partial charge in [0.1, 0.15) is 17.5 Å². The minimum Gasteiger partial charge on any atom is -0.444 e. The smallest absolute Gasteiger partial charge is 0.410 e. The van der Waals surface area contributed by atoms with Gasteiger partial charge in [0.05, 0.1) is 0 Å². The van der Waals surface area contributed by atoms with Crippen LogP contribution in [-0.4, -0.2) is 85.7 Å². The highest BCUT2D eigenvalue weighted by Gasteiger charge is 2.43. The van der Waals surface area contributed by atoms with Gasteiger partial charge in [-0.05, 0) is 41.5 Å². The molecule has 2 aliphatic rings. The van der Waals surface area contributed by atoms with E-state index in [0.717, 1.165) is 0 Å². The van der Waals surface area contributed by atoms with Gasteiger partial charge in [0.25, 0.3) is 5.91 Å². The molecule has 0 atom stereocenters. The lowest BCUT2D eigenvalue weighted by Gasteiger charge is -2.36. The number of carbonyl (C=O) groups is 3. The molecule has 2 aliphatic heterocycles. The first-order valence-corrected chi connectivity index (χ1v) is 12.6. The lowest BCUT2D eigenvalue weighted by molar-refractivity contribution is -0.136. The van der Waals surface area contributed by atoms with E-state index in [0.29, 0.717) is 18.9 Å². The molecule has 38 heavy (non-hydrogen) atoms. The third-order valence-electron chi connectivity index (χ3n) is 6.07. The van der Waals surface area contributed by atoms with Gasteiger partial charge in [-0.1, -0.05) is 0 Å². The first-order chi connectivity index (χ1) is 17.4. The van der Waals surface area contributed by atoms with Crippen LogP contribution in [0.2, 0.25) is 0 Å². The fourth-order valence-electron chi connectivity index (χ4n) is 4.01. The highest BCUT2D eigenvalue weighted by molar-refractivity contribution is 5.85. The van der Waals surface area contributed by atoms with Crippen molar-refractivity contribution < 1.29 is 32.6 Å². The fourth-order valence-corrected chi connectivity index (χ4v) is 4.01. The van der Waals surface area contributed by atoms with Gasteiger partial charge in [0.15, 0.2) is 17.2 Å². The number of nitrogens with two attached hydrogens (primary N) is 1. The second kappa shape index (κ2) is 11.8. The minimum atomic E-state index is -1.99. The zero-order valence-electron chi connectivity index (χ0n) is 23.3. The average molecular weight is 546 g/mol. The van der Waals surface area contributed by atoms with Crippen molar-refractivity contribution in [3.8, 4) is 0 Å². The Morgan fingerprint density at radius 3 is 1.66 bits per heavy atom. The molecule has 0 spiro atoms. The molecular weight excluding hydrogens is 504 g/mol. The zero-order valence-corrected chi connectivity index (χ0v) is 23.3. The van der Waals surface area contributed by atoms with E-state index in [1.165, 1.54) is 11.2 Å². The standard InChI is InChI=1S/C13H21FN4O2.C11H20FN3O3/c1-12(2,3)20-11(19)18-7-5-13(14,6-8-18)10-16-15-9-17(10)4;1-10(2,3)18-9(17)15-6-4-11(12,5-7-15)8(16)14-13/h9H,5-8H2,1-4H3;4-7,13H2,1-3H3,(H,14,16). The number of hydrogen-bond acceptors (Lipinski definition) is 8. The van der Waals surface area contributed by atoms with Crippen molar-refractivity contribution >= 4 is 18.1 Å². The molecule has 216 valence electrons. The number of ether oxygens (including phenoxy) is 2. The van der Waals surface area contributed by atoms with Crippen LogP contribution in [0.4, 0.5) is 18.4 Å². The van der Waals surface area contributed by atoms with Crippen LogP contribution in [0.15, 0.2) is 6.33 Å². The van der Waals surface area contributed by atoms with Crippen LogP contribution in [0.3, 0.4) is 0 Å². The Morgan fingerprint density at radius 1 is 0.895 bits per heavy atom. The maximum Gasteiger partial charge on any atom is 0.410 e. The lowest BCUT2D eigenvalue weighted by Crippen LogP contribution is -2.54. The summed E-state index contributed by atoms with van der Waals surface area (Å²) in [4.78, 5) is 37.8. The summed E-state index contributed by atoms with van der Waals surface area (Å²) in [6.07, 6.45) is 0.870. The Labute approximate surface area is 222 Å². The summed E-state index contributed by atoms with van der Waals surface area (Å²) in [6, 6.07) is 0. The molecule has 0 aliphatic carbocycles. The van der Waals surface area contributed by atoms with Crippen LogP contribution in [0.25, 0.3) is 0 Å². The topological polar surface area (TPSA) is 145 Å². The first kappa shape index (κ1) is 31.2. The van der Waals surface area contributed by atoms with Gasteiger partial charge in [-0.15, -0.1) is 10.2 Å². The van der Waals surface area contributed by atoms with Crippen molar-refractivity contribution in [2.24, 2.45) is 12.9 Å². The van der Waals surface area contributed by atoms with E-state index in [2.05, 4.69) is 10.2 Å². The molecule has 3 amide bonds. The Balaban J connectivity index is 0.000000269. The highest BCUT2D eigenvalue weighted by Crippen LogP contribution is 2.35. The van der Waals surface area contributed by atoms with Crippen LogP contribution in [-0.2, 0) is 27.0 Å². The molecule has 0 saturated carbocycles. The molecule has 1 aromatic rings. The number of likely N-dealkylation sites (tertiary alicyclic amines) is 2. The molecule has 1 aromatic heterocycles. The van der Waals surface area contributed by atoms with Gasteiger partial charge in [-0.25, -0.2) is 24.2 Å². The van der Waals surface area contributed by atoms with Crippen molar-refractivity contribution in [3.05, 3.63) is 12.2 Å². The third-order valence-corrected chi connectivity index (χ3v) is 6.07. The number of aromatic nitrogens is 3. The summed E-state index contributed by atoms with van der Waals surface area (Å²) < 4.78 is 41.0. The van der Waals surface area contributed by atoms with E-state index in [1.54, 1.807) is 37.3 Å². The number of aryl methyl sites for hydroxylation is 1. The largest absolute Gasteiger partial charge is 0.444 e. The normalized spacial score (nSPS) is 19.1. The van der Waals surface area contributed by atoms with Crippen LogP contribution in [0.5, 0.6) is 0 Å². The summed E-state index contributed by atoms with van der Waals surface area (Å²) in [5, 5.41) is 7.56. The van der Waals surface area contributed by atoms with Crippen molar-refractivity contribution in [2.45, 2.75) is 89.8 Å². The second-order valence-electron chi connectivity index (χ2n) is 11.6. The number of amides is 3. The zero-order chi connectivity index (χ0) is 28.9. The fraction of sp³-hybridized carbons (Fsp3) is 0.792. The van der Waals surface area contributed by atoms with E-state index >= 15 is 0 Å². The maximum absolute atomic E-state index is 14.9. The van der Waals surface area contributed by atoms with Crippen molar-refractivity contribution in [1.29, 1.82) is 0 Å². The first-order valence-electron chi connectivity index (χ1n) is 12.6. The van der Waals surface area contributed by atoms with Gasteiger partial charge in [0.2, 0.25) is 0 Å². The molecule has 2 fully saturated rings. The molecule has 2 saturated heterocycles. The van der Waals surface area contributed by atoms with E-state index in [1.807, 2.05) is 26.2 Å². The lowest BCUT2D eigenvalue weighted by atomic mass is 9.92. The molecule has 0 bridgehead atoms. The SMILES string of the molecule is CC(C)(C)OC(=O)N1CCC(F)(C(=O)NN)CC1.Cn1cnnc1C1(F)CCN(C(=O)OC(C)(C)C)CC1. The van der Waals surface area contributed by atoms with Crippen LogP contribution >= 0.6 is 0 Å². The van der Waals surface area contributed by atoms with E-state index in [4.69, 9.17) is 15.3 Å². The van der Waals surface area contributed by atoms with Gasteiger partial charge >= 0.3 is 12.2 Å². The number of rotatable bonds is 2. The molecule has 0 radical (unpaired) electrons. The number of hydrogen-bond donors (Lipinski definition) is 2. The quantitative estimate of drug-likeness (QED) is 0.328. The van der Waals surface area contributed by atoms with Gasteiger partial charge in [0, 0.05) is 58.9 Å². The summed E-state index contributed by atoms with van der Waals surface area (Å²) >= 11 is 0. The Kier molecular flexibility index (Phi) is 9.67. The molecule has 12 nitrogen and oxygen atoms in total. The minimum absolute atomic E-state index is 0.0741. The number of carbonyl (C=O) groups excluding carboxylic acids is 3. The number of nitrogens with one attached hydrogen (secondary N) is 1. The van der Waals surface area contributed by atoms with Gasteiger partial charge < -0.3 is 23.8 Å². The number of piperidine rings is 2. The predicted molar refractivity (Wildman–Crippen MR) is 134 cm³/mol. The maximum atomic E-state index is 14.9. The Bertz CT molecular complexity index is 974. The van der Waals surface area contributed by atoms with Crippen molar-refractivity contribution in [3.63, 3.8) is 0 Å². The van der Waals surface area contributed by atoms with Crippen LogP contribution in [0, 0.1) is 0 Å². The molecular formula is C24H41F2N7O5. The van der Waals surface area contributed by atoms with Crippen molar-refractivity contribution in [1.82, 2.24) is 30.0 Å². The van der Waals surface area contributed by atoms with E-state index in [-0.39, 0.29) is 38.8 Å². The molecule has 3 heterocycles. The number of nitrogens with zero attached hydrogens (tertiary/aromatic N) is 5. The number of hydrazine groups is 1. The number of halogens is 2. The van der Waals surface area contributed by atoms with E-state index in [9.17, 15) is 23.2 Å². The van der Waals surface area contributed by atoms with Crippen LogP contribution in [0.1, 0.15) is 73.1 Å². The summed E-state index contributed by atoms with van der Waals surface area (Å²) in [5.41, 5.74) is -2.83. The van der Waals surface area contributed by atoms with Crippen molar-refractivity contribution in [2.75, 3.05) is 26.2 Å². The predicted octanol–water partition coefficient (Wildman–Crippen LogP) is 2.73. The summed E-state index contributed by atoms with van der Waals surface area (Å²) in [6.45, 7) is 11.6. The van der Waals surface area contributed by atoms with Gasteiger partial charge in [-0.2, -0.15) is 0 Å².